The Kier molecular flexibility index (Phi) is 4.08. The lowest BCUT2D eigenvalue weighted by molar-refractivity contribution is -0.118. The van der Waals surface area contributed by atoms with Gasteiger partial charge in [0, 0.05) is 16.7 Å². The van der Waals surface area contributed by atoms with Crippen LogP contribution in [0.2, 0.25) is 0 Å². The van der Waals surface area contributed by atoms with Crippen LogP contribution in [0.5, 0.6) is 0 Å². The van der Waals surface area contributed by atoms with Gasteiger partial charge >= 0.3 is 0 Å². The molecule has 21 heavy (non-hydrogen) atoms. The van der Waals surface area contributed by atoms with Crippen LogP contribution >= 0.6 is 15.9 Å². The van der Waals surface area contributed by atoms with Gasteiger partial charge in [-0.3, -0.25) is 4.79 Å². The van der Waals surface area contributed by atoms with E-state index in [4.69, 9.17) is 0 Å². The molecule has 0 aliphatic carbocycles. The Labute approximate surface area is 132 Å². The number of nitrogens with one attached hydrogen (secondary N) is 2. The van der Waals surface area contributed by atoms with Crippen LogP contribution in [0, 0.1) is 6.92 Å². The minimum atomic E-state index is -0.182. The zero-order chi connectivity index (χ0) is 14.8. The Bertz CT molecular complexity index is 684. The van der Waals surface area contributed by atoms with Crippen molar-refractivity contribution in [1.82, 2.24) is 5.32 Å². The first kappa shape index (κ1) is 14.3. The molecule has 2 N–H and O–H groups in total. The number of hydrogen-bond acceptors (Lipinski definition) is 2. The predicted molar refractivity (Wildman–Crippen MR) is 88.3 cm³/mol. The first-order valence-corrected chi connectivity index (χ1v) is 7.80. The number of rotatable bonds is 2. The van der Waals surface area contributed by atoms with Crippen LogP contribution in [0.3, 0.4) is 0 Å². The van der Waals surface area contributed by atoms with E-state index in [0.717, 1.165) is 28.7 Å². The van der Waals surface area contributed by atoms with Crippen LogP contribution in [-0.2, 0) is 17.8 Å². The standard InChI is InChI=1S/C17H17BrN2O/c1-11-6-7-14(18)9-15(11)20-17(21)16-8-12-4-2-3-5-13(12)10-19-16/h2-7,9,16,19H,8,10H2,1H3,(H,20,21)/t16-/m0/s1. The minimum absolute atomic E-state index is 0.0192. The van der Waals surface area contributed by atoms with Crippen LogP contribution in [-0.4, -0.2) is 11.9 Å². The van der Waals surface area contributed by atoms with E-state index in [9.17, 15) is 4.79 Å². The third-order valence-corrected chi connectivity index (χ3v) is 4.35. The first-order chi connectivity index (χ1) is 10.1. The molecule has 0 unspecified atom stereocenters. The summed E-state index contributed by atoms with van der Waals surface area (Å²) in [4.78, 5) is 12.5. The highest BCUT2D eigenvalue weighted by atomic mass is 79.9. The summed E-state index contributed by atoms with van der Waals surface area (Å²) in [7, 11) is 0. The van der Waals surface area contributed by atoms with Gasteiger partial charge in [-0.25, -0.2) is 0 Å². The summed E-state index contributed by atoms with van der Waals surface area (Å²) in [6, 6.07) is 14.0. The van der Waals surface area contributed by atoms with E-state index in [2.05, 4.69) is 38.7 Å². The van der Waals surface area contributed by atoms with E-state index in [1.807, 2.05) is 37.3 Å². The Morgan fingerprint density at radius 2 is 2.00 bits per heavy atom. The van der Waals surface area contributed by atoms with Crippen LogP contribution < -0.4 is 10.6 Å². The van der Waals surface area contributed by atoms with Gasteiger partial charge in [0.1, 0.15) is 0 Å². The molecule has 0 saturated heterocycles. The Morgan fingerprint density at radius 3 is 2.81 bits per heavy atom. The fourth-order valence-electron chi connectivity index (χ4n) is 2.59. The van der Waals surface area contributed by atoms with Crippen LogP contribution in [0.1, 0.15) is 16.7 Å². The van der Waals surface area contributed by atoms with E-state index in [1.165, 1.54) is 11.1 Å². The van der Waals surface area contributed by atoms with E-state index >= 15 is 0 Å². The molecule has 0 radical (unpaired) electrons. The Morgan fingerprint density at radius 1 is 1.24 bits per heavy atom. The second kappa shape index (κ2) is 6.00. The summed E-state index contributed by atoms with van der Waals surface area (Å²) >= 11 is 3.44. The van der Waals surface area contributed by atoms with Crippen molar-refractivity contribution >= 4 is 27.5 Å². The quantitative estimate of drug-likeness (QED) is 0.876. The van der Waals surface area contributed by atoms with Gasteiger partial charge < -0.3 is 10.6 Å². The van der Waals surface area contributed by atoms with E-state index in [1.54, 1.807) is 0 Å². The molecular weight excluding hydrogens is 328 g/mol. The fraction of sp³-hybridized carbons (Fsp3) is 0.235. The molecule has 0 fully saturated rings. The fourth-order valence-corrected chi connectivity index (χ4v) is 2.95. The number of halogens is 1. The summed E-state index contributed by atoms with van der Waals surface area (Å²) < 4.78 is 0.963. The zero-order valence-electron chi connectivity index (χ0n) is 11.8. The summed E-state index contributed by atoms with van der Waals surface area (Å²) in [6.45, 7) is 2.73. The summed E-state index contributed by atoms with van der Waals surface area (Å²) in [5, 5.41) is 6.33. The van der Waals surface area contributed by atoms with Gasteiger partial charge in [-0.1, -0.05) is 46.3 Å². The van der Waals surface area contributed by atoms with Gasteiger partial charge in [0.25, 0.3) is 0 Å². The maximum absolute atomic E-state index is 12.5. The second-order valence-electron chi connectivity index (χ2n) is 5.35. The molecule has 108 valence electrons. The molecule has 0 saturated carbocycles. The number of carbonyl (C=O) groups is 1. The van der Waals surface area contributed by atoms with Crippen molar-refractivity contribution < 1.29 is 4.79 Å². The number of aryl methyl sites for hydroxylation is 1. The lowest BCUT2D eigenvalue weighted by atomic mass is 9.95. The molecule has 2 aromatic rings. The second-order valence-corrected chi connectivity index (χ2v) is 6.27. The molecule has 1 amide bonds. The molecule has 1 heterocycles. The smallest absolute Gasteiger partial charge is 0.241 e. The molecule has 1 atom stereocenters. The highest BCUT2D eigenvalue weighted by Gasteiger charge is 2.24. The zero-order valence-corrected chi connectivity index (χ0v) is 13.4. The van der Waals surface area contributed by atoms with Gasteiger partial charge in [0.05, 0.1) is 6.04 Å². The molecule has 3 rings (SSSR count). The molecule has 0 aromatic heterocycles. The lowest BCUT2D eigenvalue weighted by Gasteiger charge is -2.25. The molecule has 0 bridgehead atoms. The van der Waals surface area contributed by atoms with Crippen molar-refractivity contribution in [2.45, 2.75) is 25.9 Å². The monoisotopic (exact) mass is 344 g/mol. The lowest BCUT2D eigenvalue weighted by Crippen LogP contribution is -2.44. The average Bonchev–Trinajstić information content (AvgIpc) is 2.50. The van der Waals surface area contributed by atoms with Crippen LogP contribution in [0.25, 0.3) is 0 Å². The van der Waals surface area contributed by atoms with Crippen molar-refractivity contribution in [2.75, 3.05) is 5.32 Å². The summed E-state index contributed by atoms with van der Waals surface area (Å²) in [5.74, 6) is 0.0192. The van der Waals surface area contributed by atoms with Crippen molar-refractivity contribution in [3.63, 3.8) is 0 Å². The third kappa shape index (κ3) is 3.17. The van der Waals surface area contributed by atoms with Gasteiger partial charge in [0.2, 0.25) is 5.91 Å². The van der Waals surface area contributed by atoms with E-state index in [-0.39, 0.29) is 11.9 Å². The number of hydrogen-bond donors (Lipinski definition) is 2. The van der Waals surface area contributed by atoms with E-state index in [0.29, 0.717) is 0 Å². The highest BCUT2D eigenvalue weighted by molar-refractivity contribution is 9.10. The maximum atomic E-state index is 12.5. The van der Waals surface area contributed by atoms with Crippen molar-refractivity contribution in [3.05, 3.63) is 63.6 Å². The van der Waals surface area contributed by atoms with Crippen LogP contribution in [0.15, 0.2) is 46.9 Å². The van der Waals surface area contributed by atoms with Crippen molar-refractivity contribution in [2.24, 2.45) is 0 Å². The summed E-state index contributed by atoms with van der Waals surface area (Å²) in [5.41, 5.74) is 4.44. The number of amides is 1. The van der Waals surface area contributed by atoms with Crippen LogP contribution in [0.4, 0.5) is 5.69 Å². The highest BCUT2D eigenvalue weighted by Crippen LogP contribution is 2.22. The largest absolute Gasteiger partial charge is 0.324 e. The molecule has 1 aliphatic heterocycles. The van der Waals surface area contributed by atoms with Gasteiger partial charge in [-0.2, -0.15) is 0 Å². The number of fused-ring (bicyclic) bond motifs is 1. The molecule has 4 heteroatoms. The van der Waals surface area contributed by atoms with E-state index < -0.39 is 0 Å². The van der Waals surface area contributed by atoms with Gasteiger partial charge in [-0.15, -0.1) is 0 Å². The molecule has 3 nitrogen and oxygen atoms in total. The molecule has 2 aromatic carbocycles. The summed E-state index contributed by atoms with van der Waals surface area (Å²) in [6.07, 6.45) is 0.731. The minimum Gasteiger partial charge on any atom is -0.324 e. The maximum Gasteiger partial charge on any atom is 0.241 e. The Balaban J connectivity index is 1.74. The predicted octanol–water partition coefficient (Wildman–Crippen LogP) is 3.41. The number of anilines is 1. The molecular formula is C17H17BrN2O. The normalized spacial score (nSPS) is 17.1. The van der Waals surface area contributed by atoms with Crippen molar-refractivity contribution in [3.8, 4) is 0 Å². The first-order valence-electron chi connectivity index (χ1n) is 7.00. The van der Waals surface area contributed by atoms with Gasteiger partial charge in [0.15, 0.2) is 0 Å². The number of benzene rings is 2. The topological polar surface area (TPSA) is 41.1 Å². The molecule has 0 spiro atoms. The Hall–Kier alpha value is -1.65. The SMILES string of the molecule is Cc1ccc(Br)cc1NC(=O)[C@@H]1Cc2ccccc2CN1. The third-order valence-electron chi connectivity index (χ3n) is 3.86. The van der Waals surface area contributed by atoms with Crippen molar-refractivity contribution in [1.29, 1.82) is 0 Å². The molecule has 1 aliphatic rings. The number of carbonyl (C=O) groups excluding carboxylic acids is 1. The van der Waals surface area contributed by atoms with Gasteiger partial charge in [-0.05, 0) is 42.2 Å². The average molecular weight is 345 g/mol.